The van der Waals surface area contributed by atoms with Crippen molar-refractivity contribution < 1.29 is 14.7 Å². The lowest BCUT2D eigenvalue weighted by molar-refractivity contribution is -0.140. The van der Waals surface area contributed by atoms with Crippen molar-refractivity contribution in [1.82, 2.24) is 9.78 Å². The second-order valence-corrected chi connectivity index (χ2v) is 5.38. The molecule has 1 N–H and O–H groups in total. The van der Waals surface area contributed by atoms with Crippen LogP contribution in [0.4, 0.5) is 5.69 Å². The molecule has 3 rings (SSSR count). The minimum Gasteiger partial charge on any atom is -0.480 e. The fourth-order valence-electron chi connectivity index (χ4n) is 2.66. The normalized spacial score (nSPS) is 15.2. The second-order valence-electron chi connectivity index (χ2n) is 5.38. The van der Waals surface area contributed by atoms with E-state index in [0.717, 1.165) is 24.1 Å². The largest absolute Gasteiger partial charge is 0.480 e. The molecule has 1 atom stereocenters. The fourth-order valence-corrected chi connectivity index (χ4v) is 2.66. The lowest BCUT2D eigenvalue weighted by Crippen LogP contribution is -2.35. The maximum Gasteiger partial charge on any atom is 0.328 e. The van der Waals surface area contributed by atoms with Crippen molar-refractivity contribution in [2.24, 2.45) is 0 Å². The van der Waals surface area contributed by atoms with Gasteiger partial charge in [-0.25, -0.2) is 4.79 Å². The number of amides is 1. The van der Waals surface area contributed by atoms with Crippen LogP contribution in [0.25, 0.3) is 0 Å². The number of carbonyl (C=O) groups is 2. The molecule has 1 aliphatic heterocycles. The van der Waals surface area contributed by atoms with Gasteiger partial charge in [-0.2, -0.15) is 5.10 Å². The third kappa shape index (κ3) is 2.47. The number of anilines is 1. The molecule has 1 aliphatic rings. The zero-order valence-electron chi connectivity index (χ0n) is 12.3. The molecule has 1 aromatic carbocycles. The Labute approximate surface area is 128 Å². The molecule has 1 amide bonds. The standard InChI is InChI=1S/C16H17N3O3/c1-11(16(21)22)19-10-8-13(17-19)15(20)18-9-4-6-12-5-2-3-7-14(12)18/h2-3,5,7-8,10-11H,4,6,9H2,1H3,(H,21,22). The number of carbonyl (C=O) groups excluding carboxylic acids is 1. The van der Waals surface area contributed by atoms with E-state index in [1.807, 2.05) is 24.3 Å². The molecule has 0 radical (unpaired) electrons. The maximum atomic E-state index is 12.7. The first kappa shape index (κ1) is 14.3. The molecule has 6 heteroatoms. The van der Waals surface area contributed by atoms with Gasteiger partial charge in [-0.1, -0.05) is 18.2 Å². The summed E-state index contributed by atoms with van der Waals surface area (Å²) in [7, 11) is 0. The van der Waals surface area contributed by atoms with Crippen LogP contribution < -0.4 is 4.90 Å². The van der Waals surface area contributed by atoms with Gasteiger partial charge >= 0.3 is 5.97 Å². The zero-order valence-corrected chi connectivity index (χ0v) is 12.3. The van der Waals surface area contributed by atoms with Gasteiger partial charge in [-0.3, -0.25) is 9.48 Å². The van der Waals surface area contributed by atoms with E-state index >= 15 is 0 Å². The highest BCUT2D eigenvalue weighted by atomic mass is 16.4. The number of hydrogen-bond acceptors (Lipinski definition) is 3. The lowest BCUT2D eigenvalue weighted by Gasteiger charge is -2.28. The Bertz CT molecular complexity index is 723. The van der Waals surface area contributed by atoms with Crippen LogP contribution in [-0.4, -0.2) is 33.3 Å². The van der Waals surface area contributed by atoms with Crippen LogP contribution in [-0.2, 0) is 11.2 Å². The van der Waals surface area contributed by atoms with Crippen LogP contribution in [0, 0.1) is 0 Å². The van der Waals surface area contributed by atoms with E-state index in [9.17, 15) is 9.59 Å². The summed E-state index contributed by atoms with van der Waals surface area (Å²) in [5, 5.41) is 13.1. The second kappa shape index (κ2) is 5.63. The summed E-state index contributed by atoms with van der Waals surface area (Å²) < 4.78 is 1.30. The van der Waals surface area contributed by atoms with E-state index in [4.69, 9.17) is 5.11 Å². The molecule has 22 heavy (non-hydrogen) atoms. The number of aryl methyl sites for hydroxylation is 1. The Morgan fingerprint density at radius 2 is 2.05 bits per heavy atom. The highest BCUT2D eigenvalue weighted by molar-refractivity contribution is 6.05. The molecule has 2 aromatic rings. The summed E-state index contributed by atoms with van der Waals surface area (Å²) >= 11 is 0. The summed E-state index contributed by atoms with van der Waals surface area (Å²) in [6.07, 6.45) is 3.40. The maximum absolute atomic E-state index is 12.7. The quantitative estimate of drug-likeness (QED) is 0.942. The molecule has 0 bridgehead atoms. The molecule has 0 aliphatic carbocycles. The fraction of sp³-hybridized carbons (Fsp3) is 0.312. The highest BCUT2D eigenvalue weighted by Crippen LogP contribution is 2.27. The van der Waals surface area contributed by atoms with Crippen molar-refractivity contribution in [1.29, 1.82) is 0 Å². The van der Waals surface area contributed by atoms with Crippen molar-refractivity contribution in [3.63, 3.8) is 0 Å². The molecular formula is C16H17N3O3. The van der Waals surface area contributed by atoms with E-state index in [-0.39, 0.29) is 11.6 Å². The number of hydrogen-bond donors (Lipinski definition) is 1. The van der Waals surface area contributed by atoms with Crippen molar-refractivity contribution in [3.05, 3.63) is 47.8 Å². The smallest absolute Gasteiger partial charge is 0.328 e. The van der Waals surface area contributed by atoms with E-state index in [0.29, 0.717) is 6.54 Å². The van der Waals surface area contributed by atoms with Gasteiger partial charge in [0.15, 0.2) is 5.69 Å². The Kier molecular flexibility index (Phi) is 3.66. The molecule has 6 nitrogen and oxygen atoms in total. The third-order valence-electron chi connectivity index (χ3n) is 3.94. The van der Waals surface area contributed by atoms with Crippen molar-refractivity contribution >= 4 is 17.6 Å². The van der Waals surface area contributed by atoms with E-state index < -0.39 is 12.0 Å². The Morgan fingerprint density at radius 1 is 1.27 bits per heavy atom. The zero-order chi connectivity index (χ0) is 15.7. The molecular weight excluding hydrogens is 282 g/mol. The number of para-hydroxylation sites is 1. The molecule has 1 aromatic heterocycles. The number of carboxylic acids is 1. The van der Waals surface area contributed by atoms with Gasteiger partial charge in [-0.05, 0) is 37.5 Å². The van der Waals surface area contributed by atoms with Gasteiger partial charge in [0.2, 0.25) is 0 Å². The minimum absolute atomic E-state index is 0.191. The van der Waals surface area contributed by atoms with Crippen LogP contribution in [0.15, 0.2) is 36.5 Å². The number of benzene rings is 1. The van der Waals surface area contributed by atoms with Crippen LogP contribution in [0.5, 0.6) is 0 Å². The lowest BCUT2D eigenvalue weighted by atomic mass is 10.0. The summed E-state index contributed by atoms with van der Waals surface area (Å²) in [6.45, 7) is 2.18. The number of carboxylic acid groups (broad SMARTS) is 1. The number of fused-ring (bicyclic) bond motifs is 1. The molecule has 1 unspecified atom stereocenters. The summed E-state index contributed by atoms with van der Waals surface area (Å²) in [6, 6.07) is 8.61. The predicted octanol–water partition coefficient (Wildman–Crippen LogP) is 2.12. The molecule has 0 spiro atoms. The van der Waals surface area contributed by atoms with Gasteiger partial charge < -0.3 is 10.0 Å². The summed E-state index contributed by atoms with van der Waals surface area (Å²) in [4.78, 5) is 25.4. The summed E-state index contributed by atoms with van der Waals surface area (Å²) in [5.74, 6) is -1.17. The average Bonchev–Trinajstić information content (AvgIpc) is 3.02. The topological polar surface area (TPSA) is 75.4 Å². The molecule has 0 saturated heterocycles. The molecule has 0 saturated carbocycles. The Balaban J connectivity index is 1.88. The average molecular weight is 299 g/mol. The summed E-state index contributed by atoms with van der Waals surface area (Å²) in [5.41, 5.74) is 2.34. The van der Waals surface area contributed by atoms with Gasteiger partial charge in [0.1, 0.15) is 6.04 Å². The SMILES string of the molecule is CC(C(=O)O)n1ccc(C(=O)N2CCCc3ccccc32)n1. The highest BCUT2D eigenvalue weighted by Gasteiger charge is 2.25. The van der Waals surface area contributed by atoms with E-state index in [1.54, 1.807) is 11.0 Å². The van der Waals surface area contributed by atoms with E-state index in [2.05, 4.69) is 5.10 Å². The minimum atomic E-state index is -0.981. The molecule has 114 valence electrons. The monoisotopic (exact) mass is 299 g/mol. The van der Waals surface area contributed by atoms with E-state index in [1.165, 1.54) is 17.8 Å². The predicted molar refractivity (Wildman–Crippen MR) is 81.0 cm³/mol. The first-order valence-electron chi connectivity index (χ1n) is 7.25. The van der Waals surface area contributed by atoms with Gasteiger partial charge in [-0.15, -0.1) is 0 Å². The molecule has 2 heterocycles. The van der Waals surface area contributed by atoms with Gasteiger partial charge in [0.25, 0.3) is 5.91 Å². The van der Waals surface area contributed by atoms with Gasteiger partial charge in [0, 0.05) is 18.4 Å². The Morgan fingerprint density at radius 3 is 2.82 bits per heavy atom. The van der Waals surface area contributed by atoms with Crippen molar-refractivity contribution in [3.8, 4) is 0 Å². The first-order chi connectivity index (χ1) is 10.6. The van der Waals surface area contributed by atoms with Crippen molar-refractivity contribution in [2.45, 2.75) is 25.8 Å². The van der Waals surface area contributed by atoms with Crippen molar-refractivity contribution in [2.75, 3.05) is 11.4 Å². The first-order valence-corrected chi connectivity index (χ1v) is 7.25. The molecule has 0 fully saturated rings. The van der Waals surface area contributed by atoms with Gasteiger partial charge in [0.05, 0.1) is 0 Å². The van der Waals surface area contributed by atoms with Crippen LogP contribution in [0.1, 0.15) is 35.4 Å². The van der Waals surface area contributed by atoms with Crippen LogP contribution in [0.2, 0.25) is 0 Å². The van der Waals surface area contributed by atoms with Crippen LogP contribution in [0.3, 0.4) is 0 Å². The number of rotatable bonds is 3. The number of aliphatic carboxylic acids is 1. The third-order valence-corrected chi connectivity index (χ3v) is 3.94. The number of aromatic nitrogens is 2. The Hall–Kier alpha value is -2.63. The number of nitrogens with zero attached hydrogens (tertiary/aromatic N) is 3. The van der Waals surface area contributed by atoms with Crippen LogP contribution >= 0.6 is 0 Å².